The summed E-state index contributed by atoms with van der Waals surface area (Å²) in [6, 6.07) is 13.4. The fourth-order valence-corrected chi connectivity index (χ4v) is 2.35. The molecule has 0 fully saturated rings. The van der Waals surface area contributed by atoms with Crippen molar-refractivity contribution in [2.24, 2.45) is 5.73 Å². The molecule has 1 unspecified atom stereocenters. The Labute approximate surface area is 126 Å². The first-order chi connectivity index (χ1) is 9.11. The van der Waals surface area contributed by atoms with Crippen molar-refractivity contribution < 1.29 is 4.74 Å². The highest BCUT2D eigenvalue weighted by molar-refractivity contribution is 9.10. The van der Waals surface area contributed by atoms with Gasteiger partial charge in [-0.25, -0.2) is 0 Å². The Hall–Kier alpha value is -1.03. The lowest BCUT2D eigenvalue weighted by Crippen LogP contribution is -2.11. The van der Waals surface area contributed by atoms with E-state index in [1.807, 2.05) is 49.4 Å². The molecule has 0 aliphatic rings. The summed E-state index contributed by atoms with van der Waals surface area (Å²) < 4.78 is 6.27. The average molecular weight is 341 g/mol. The van der Waals surface area contributed by atoms with Gasteiger partial charge in [0.2, 0.25) is 0 Å². The zero-order valence-electron chi connectivity index (χ0n) is 10.6. The number of ether oxygens (including phenoxy) is 1. The van der Waals surface area contributed by atoms with Gasteiger partial charge >= 0.3 is 0 Å². The summed E-state index contributed by atoms with van der Waals surface area (Å²) in [5.74, 6) is 0.857. The lowest BCUT2D eigenvalue weighted by Gasteiger charge is -2.14. The zero-order chi connectivity index (χ0) is 13.8. The van der Waals surface area contributed by atoms with Crippen LogP contribution in [0.4, 0.5) is 0 Å². The maximum atomic E-state index is 6.25. The normalized spacial score (nSPS) is 12.2. The van der Waals surface area contributed by atoms with E-state index in [2.05, 4.69) is 15.9 Å². The zero-order valence-corrected chi connectivity index (χ0v) is 12.9. The molecule has 2 aromatic rings. The quantitative estimate of drug-likeness (QED) is 0.886. The van der Waals surface area contributed by atoms with Crippen LogP contribution in [0.25, 0.3) is 0 Å². The van der Waals surface area contributed by atoms with Gasteiger partial charge in [0.05, 0.1) is 17.7 Å². The summed E-state index contributed by atoms with van der Waals surface area (Å²) in [6.07, 6.45) is 0. The van der Waals surface area contributed by atoms with Crippen molar-refractivity contribution >= 4 is 27.5 Å². The molecule has 2 nitrogen and oxygen atoms in total. The lowest BCUT2D eigenvalue weighted by atomic mass is 10.00. The Bertz CT molecular complexity index is 557. The van der Waals surface area contributed by atoms with E-state index in [0.717, 1.165) is 21.3 Å². The Kier molecular flexibility index (Phi) is 4.86. The molecule has 0 saturated carbocycles. The van der Waals surface area contributed by atoms with E-state index in [1.54, 1.807) is 0 Å². The average Bonchev–Trinajstić information content (AvgIpc) is 2.42. The van der Waals surface area contributed by atoms with Crippen LogP contribution in [0, 0.1) is 0 Å². The molecule has 19 heavy (non-hydrogen) atoms. The minimum atomic E-state index is -0.177. The van der Waals surface area contributed by atoms with Crippen LogP contribution in [-0.4, -0.2) is 6.61 Å². The third kappa shape index (κ3) is 3.50. The first-order valence-electron chi connectivity index (χ1n) is 6.05. The van der Waals surface area contributed by atoms with Gasteiger partial charge in [-0.15, -0.1) is 0 Å². The summed E-state index contributed by atoms with van der Waals surface area (Å²) in [5.41, 5.74) is 8.31. The Morgan fingerprint density at radius 3 is 2.37 bits per heavy atom. The monoisotopic (exact) mass is 339 g/mol. The molecule has 0 bridgehead atoms. The molecule has 2 aromatic carbocycles. The highest BCUT2D eigenvalue weighted by atomic mass is 79.9. The van der Waals surface area contributed by atoms with Gasteiger partial charge in [0.25, 0.3) is 0 Å². The minimum absolute atomic E-state index is 0.177. The van der Waals surface area contributed by atoms with Crippen molar-refractivity contribution in [3.63, 3.8) is 0 Å². The second-order valence-corrected chi connectivity index (χ2v) is 5.41. The van der Waals surface area contributed by atoms with Gasteiger partial charge in [-0.05, 0) is 58.2 Å². The number of benzene rings is 2. The van der Waals surface area contributed by atoms with Crippen molar-refractivity contribution in [2.75, 3.05) is 6.61 Å². The van der Waals surface area contributed by atoms with Crippen LogP contribution in [0.5, 0.6) is 5.75 Å². The van der Waals surface area contributed by atoms with E-state index in [1.165, 1.54) is 0 Å². The highest BCUT2D eigenvalue weighted by Crippen LogP contribution is 2.28. The second-order valence-electron chi connectivity index (χ2n) is 4.15. The van der Waals surface area contributed by atoms with Gasteiger partial charge in [-0.2, -0.15) is 0 Å². The molecular formula is C15H15BrClNO. The predicted molar refractivity (Wildman–Crippen MR) is 82.8 cm³/mol. The van der Waals surface area contributed by atoms with Gasteiger partial charge in [-0.1, -0.05) is 29.8 Å². The van der Waals surface area contributed by atoms with E-state index in [-0.39, 0.29) is 6.04 Å². The van der Waals surface area contributed by atoms with E-state index >= 15 is 0 Å². The summed E-state index contributed by atoms with van der Waals surface area (Å²) in [7, 11) is 0. The van der Waals surface area contributed by atoms with Gasteiger partial charge in [0.1, 0.15) is 5.75 Å². The molecule has 0 radical (unpaired) electrons. The van der Waals surface area contributed by atoms with Crippen molar-refractivity contribution in [3.8, 4) is 5.75 Å². The fraction of sp³-hybridized carbons (Fsp3) is 0.200. The molecule has 100 valence electrons. The Morgan fingerprint density at radius 2 is 1.79 bits per heavy atom. The molecule has 2 N–H and O–H groups in total. The van der Waals surface area contributed by atoms with Crippen LogP contribution in [0.2, 0.25) is 5.02 Å². The Morgan fingerprint density at radius 1 is 1.16 bits per heavy atom. The largest absolute Gasteiger partial charge is 0.494 e. The van der Waals surface area contributed by atoms with Gasteiger partial charge in [0, 0.05) is 4.47 Å². The molecule has 0 amide bonds. The molecule has 0 saturated heterocycles. The summed E-state index contributed by atoms with van der Waals surface area (Å²) in [6.45, 7) is 2.63. The Balaban J connectivity index is 2.22. The van der Waals surface area contributed by atoms with Crippen LogP contribution < -0.4 is 10.5 Å². The molecule has 0 aromatic heterocycles. The second kappa shape index (κ2) is 6.42. The van der Waals surface area contributed by atoms with Crippen LogP contribution in [0.3, 0.4) is 0 Å². The van der Waals surface area contributed by atoms with Crippen molar-refractivity contribution in [1.82, 2.24) is 0 Å². The van der Waals surface area contributed by atoms with E-state index in [4.69, 9.17) is 22.1 Å². The number of hydrogen-bond donors (Lipinski definition) is 1. The van der Waals surface area contributed by atoms with E-state index in [9.17, 15) is 0 Å². The van der Waals surface area contributed by atoms with Gasteiger partial charge in [0.15, 0.2) is 0 Å². The van der Waals surface area contributed by atoms with Gasteiger partial charge in [-0.3, -0.25) is 0 Å². The molecule has 0 spiro atoms. The van der Waals surface area contributed by atoms with E-state index in [0.29, 0.717) is 11.6 Å². The molecule has 1 atom stereocenters. The SMILES string of the molecule is CCOc1ccc(C(N)c2ccc(Cl)c(Br)c2)cc1. The van der Waals surface area contributed by atoms with Gasteiger partial charge < -0.3 is 10.5 Å². The standard InChI is InChI=1S/C15H15BrClNO/c1-2-19-12-6-3-10(4-7-12)15(18)11-5-8-14(17)13(16)9-11/h3-9,15H,2,18H2,1H3. The topological polar surface area (TPSA) is 35.2 Å². The molecule has 4 heteroatoms. The maximum absolute atomic E-state index is 6.25. The third-order valence-electron chi connectivity index (χ3n) is 2.85. The molecule has 2 rings (SSSR count). The molecule has 0 aliphatic carbocycles. The molecule has 0 heterocycles. The lowest BCUT2D eigenvalue weighted by molar-refractivity contribution is 0.340. The third-order valence-corrected chi connectivity index (χ3v) is 4.07. The van der Waals surface area contributed by atoms with Crippen LogP contribution >= 0.6 is 27.5 Å². The summed E-state index contributed by atoms with van der Waals surface area (Å²) in [4.78, 5) is 0. The van der Waals surface area contributed by atoms with Crippen molar-refractivity contribution in [3.05, 3.63) is 63.1 Å². The number of hydrogen-bond acceptors (Lipinski definition) is 2. The first-order valence-corrected chi connectivity index (χ1v) is 7.22. The van der Waals surface area contributed by atoms with Crippen LogP contribution in [-0.2, 0) is 0 Å². The van der Waals surface area contributed by atoms with Crippen LogP contribution in [0.1, 0.15) is 24.1 Å². The minimum Gasteiger partial charge on any atom is -0.494 e. The number of rotatable bonds is 4. The highest BCUT2D eigenvalue weighted by Gasteiger charge is 2.10. The fourth-order valence-electron chi connectivity index (χ4n) is 1.84. The predicted octanol–water partition coefficient (Wildman–Crippen LogP) is 4.55. The first kappa shape index (κ1) is 14.4. The molecule has 0 aliphatic heterocycles. The maximum Gasteiger partial charge on any atom is 0.119 e. The van der Waals surface area contributed by atoms with Crippen molar-refractivity contribution in [1.29, 1.82) is 0 Å². The number of nitrogens with two attached hydrogens (primary N) is 1. The number of halogens is 2. The smallest absolute Gasteiger partial charge is 0.119 e. The summed E-state index contributed by atoms with van der Waals surface area (Å²) in [5, 5.41) is 0.683. The van der Waals surface area contributed by atoms with E-state index < -0.39 is 0 Å². The van der Waals surface area contributed by atoms with Crippen molar-refractivity contribution in [2.45, 2.75) is 13.0 Å². The molecular weight excluding hydrogens is 326 g/mol. The van der Waals surface area contributed by atoms with Crippen LogP contribution in [0.15, 0.2) is 46.9 Å². The summed E-state index contributed by atoms with van der Waals surface area (Å²) >= 11 is 9.39.